The van der Waals surface area contributed by atoms with Crippen LogP contribution in [0.4, 0.5) is 0 Å². The van der Waals surface area contributed by atoms with Gasteiger partial charge in [0, 0.05) is 49.0 Å². The quantitative estimate of drug-likeness (QED) is 0.770. The Hall–Kier alpha value is -1.51. The highest BCUT2D eigenvalue weighted by Gasteiger charge is 2.40. The lowest BCUT2D eigenvalue weighted by molar-refractivity contribution is 0.0492. The van der Waals surface area contributed by atoms with Gasteiger partial charge in [0.25, 0.3) is 5.91 Å². The summed E-state index contributed by atoms with van der Waals surface area (Å²) in [5.74, 6) is -0.0404. The largest absolute Gasteiger partial charge is 0.375 e. The fourth-order valence-electron chi connectivity index (χ4n) is 3.47. The van der Waals surface area contributed by atoms with E-state index in [9.17, 15) is 13.2 Å². The summed E-state index contributed by atoms with van der Waals surface area (Å²) in [6.07, 6.45) is 1.11. The van der Waals surface area contributed by atoms with Gasteiger partial charge in [-0.05, 0) is 26.0 Å². The molecule has 2 aliphatic heterocycles. The van der Waals surface area contributed by atoms with Crippen LogP contribution in [0.5, 0.6) is 0 Å². The van der Waals surface area contributed by atoms with Gasteiger partial charge in [-0.2, -0.15) is 4.31 Å². The van der Waals surface area contributed by atoms with Crippen LogP contribution < -0.4 is 0 Å². The van der Waals surface area contributed by atoms with Gasteiger partial charge in [-0.3, -0.25) is 9.78 Å². The third-order valence-electron chi connectivity index (χ3n) is 4.58. The van der Waals surface area contributed by atoms with Gasteiger partial charge in [0.1, 0.15) is 0 Å². The summed E-state index contributed by atoms with van der Waals surface area (Å²) in [4.78, 5) is 18.8. The van der Waals surface area contributed by atoms with Crippen molar-refractivity contribution in [3.05, 3.63) is 29.1 Å². The van der Waals surface area contributed by atoms with Crippen molar-refractivity contribution in [1.29, 1.82) is 0 Å². The van der Waals surface area contributed by atoms with Gasteiger partial charge in [-0.1, -0.05) is 0 Å². The molecule has 2 atom stereocenters. The lowest BCUT2D eigenvalue weighted by atomic mass is 10.1. The second kappa shape index (κ2) is 6.42. The van der Waals surface area contributed by atoms with Gasteiger partial charge >= 0.3 is 0 Å². The number of aromatic nitrogens is 1. The number of pyridine rings is 1. The number of fused-ring (bicyclic) bond motifs is 1. The molecule has 2 aliphatic rings. The zero-order valence-corrected chi connectivity index (χ0v) is 15.0. The lowest BCUT2D eigenvalue weighted by Gasteiger charge is -2.21. The summed E-state index contributed by atoms with van der Waals surface area (Å²) >= 11 is 0. The van der Waals surface area contributed by atoms with Crippen molar-refractivity contribution in [3.8, 4) is 0 Å². The van der Waals surface area contributed by atoms with E-state index >= 15 is 0 Å². The number of rotatable bonds is 2. The lowest BCUT2D eigenvalue weighted by Crippen LogP contribution is -2.37. The van der Waals surface area contributed by atoms with E-state index in [1.807, 2.05) is 13.8 Å². The average Bonchev–Trinajstić information content (AvgIpc) is 2.76. The van der Waals surface area contributed by atoms with E-state index in [0.29, 0.717) is 38.3 Å². The first-order valence-corrected chi connectivity index (χ1v) is 9.90. The predicted molar refractivity (Wildman–Crippen MR) is 89.3 cm³/mol. The van der Waals surface area contributed by atoms with Crippen LogP contribution in [0.15, 0.2) is 12.1 Å². The van der Waals surface area contributed by atoms with Crippen molar-refractivity contribution in [2.75, 3.05) is 39.0 Å². The molecule has 8 heteroatoms. The Morgan fingerprint density at radius 1 is 1.21 bits per heavy atom. The van der Waals surface area contributed by atoms with E-state index < -0.39 is 10.0 Å². The zero-order valence-electron chi connectivity index (χ0n) is 14.2. The maximum absolute atomic E-state index is 12.8. The zero-order chi connectivity index (χ0) is 17.5. The normalized spacial score (nSPS) is 25.4. The molecule has 0 spiro atoms. The Labute approximate surface area is 142 Å². The van der Waals surface area contributed by atoms with Crippen molar-refractivity contribution >= 4 is 15.9 Å². The molecule has 0 bridgehead atoms. The molecule has 0 N–H and O–H groups in total. The third-order valence-corrected chi connectivity index (χ3v) is 5.85. The molecular formula is C16H23N3O4S. The molecule has 3 rings (SSSR count). The van der Waals surface area contributed by atoms with Crippen LogP contribution >= 0.6 is 0 Å². The summed E-state index contributed by atoms with van der Waals surface area (Å²) in [6, 6.07) is 3.57. The molecule has 24 heavy (non-hydrogen) atoms. The molecule has 1 amide bonds. The highest BCUT2D eigenvalue weighted by Crippen LogP contribution is 2.26. The van der Waals surface area contributed by atoms with Crippen LogP contribution in [0.3, 0.4) is 0 Å². The van der Waals surface area contributed by atoms with Gasteiger partial charge in [-0.15, -0.1) is 0 Å². The molecule has 1 aromatic heterocycles. The minimum absolute atomic E-state index is 0.00945. The molecule has 2 saturated heterocycles. The summed E-state index contributed by atoms with van der Waals surface area (Å²) < 4.78 is 30.9. The number of likely N-dealkylation sites (tertiary alicyclic amines) is 1. The number of carbonyl (C=O) groups excluding carboxylic acids is 1. The predicted octanol–water partition coefficient (Wildman–Crippen LogP) is 0.431. The molecule has 132 valence electrons. The molecule has 1 aromatic rings. The fourth-order valence-corrected chi connectivity index (χ4v) is 4.34. The van der Waals surface area contributed by atoms with Crippen molar-refractivity contribution in [2.45, 2.75) is 20.0 Å². The van der Waals surface area contributed by atoms with E-state index in [2.05, 4.69) is 4.98 Å². The number of aryl methyl sites for hydroxylation is 2. The molecule has 3 heterocycles. The van der Waals surface area contributed by atoms with Gasteiger partial charge < -0.3 is 9.64 Å². The highest BCUT2D eigenvalue weighted by atomic mass is 32.2. The monoisotopic (exact) mass is 353 g/mol. The van der Waals surface area contributed by atoms with Crippen LogP contribution in [-0.4, -0.2) is 73.7 Å². The van der Waals surface area contributed by atoms with E-state index in [-0.39, 0.29) is 17.9 Å². The maximum atomic E-state index is 12.8. The summed E-state index contributed by atoms with van der Waals surface area (Å²) in [6.45, 7) is 5.89. The molecule has 0 unspecified atom stereocenters. The molecule has 0 aromatic carbocycles. The highest BCUT2D eigenvalue weighted by molar-refractivity contribution is 7.88. The molecule has 0 aliphatic carbocycles. The standard InChI is InChI=1S/C16H23N3O4S/c1-11-6-13(7-12(2)17-11)16(20)18-8-14-9-19(24(3,21)22)4-5-23-15(14)10-18/h6-7,14-15H,4-5,8-10H2,1-3H3/t14-,15-/m0/s1. The number of hydrogen-bond donors (Lipinski definition) is 0. The Kier molecular flexibility index (Phi) is 4.63. The third kappa shape index (κ3) is 3.60. The van der Waals surface area contributed by atoms with E-state index in [1.165, 1.54) is 10.6 Å². The van der Waals surface area contributed by atoms with Crippen molar-refractivity contribution in [3.63, 3.8) is 0 Å². The first-order valence-electron chi connectivity index (χ1n) is 8.05. The Bertz CT molecular complexity index is 729. The summed E-state index contributed by atoms with van der Waals surface area (Å²) in [5, 5.41) is 0. The fraction of sp³-hybridized carbons (Fsp3) is 0.625. The molecule has 0 radical (unpaired) electrons. The Morgan fingerprint density at radius 3 is 2.50 bits per heavy atom. The summed E-state index contributed by atoms with van der Waals surface area (Å²) in [7, 11) is -3.25. The first-order chi connectivity index (χ1) is 11.2. The number of nitrogens with zero attached hydrogens (tertiary/aromatic N) is 3. The SMILES string of the molecule is Cc1cc(C(=O)N2C[C@H]3CN(S(C)(=O)=O)CCO[C@H]3C2)cc(C)n1. The Balaban J connectivity index is 1.75. The second-order valence-corrected chi connectivity index (χ2v) is 8.62. The van der Waals surface area contributed by atoms with E-state index in [1.54, 1.807) is 17.0 Å². The van der Waals surface area contributed by atoms with E-state index in [0.717, 1.165) is 11.4 Å². The van der Waals surface area contributed by atoms with Crippen LogP contribution in [0.2, 0.25) is 0 Å². The number of ether oxygens (including phenoxy) is 1. The Morgan fingerprint density at radius 2 is 1.88 bits per heavy atom. The van der Waals surface area contributed by atoms with Gasteiger partial charge in [0.15, 0.2) is 0 Å². The molecular weight excluding hydrogens is 330 g/mol. The van der Waals surface area contributed by atoms with Crippen molar-refractivity contribution in [2.24, 2.45) is 5.92 Å². The number of sulfonamides is 1. The number of carbonyl (C=O) groups is 1. The second-order valence-electron chi connectivity index (χ2n) is 6.64. The minimum atomic E-state index is -3.25. The van der Waals surface area contributed by atoms with Crippen LogP contribution in [0, 0.1) is 19.8 Å². The van der Waals surface area contributed by atoms with Crippen LogP contribution in [-0.2, 0) is 14.8 Å². The van der Waals surface area contributed by atoms with E-state index in [4.69, 9.17) is 4.74 Å². The van der Waals surface area contributed by atoms with Crippen LogP contribution in [0.1, 0.15) is 21.7 Å². The first kappa shape index (κ1) is 17.3. The summed E-state index contributed by atoms with van der Waals surface area (Å²) in [5.41, 5.74) is 2.24. The smallest absolute Gasteiger partial charge is 0.254 e. The van der Waals surface area contributed by atoms with Crippen molar-refractivity contribution in [1.82, 2.24) is 14.2 Å². The molecule has 2 fully saturated rings. The molecule has 7 nitrogen and oxygen atoms in total. The van der Waals surface area contributed by atoms with Gasteiger partial charge in [0.2, 0.25) is 10.0 Å². The van der Waals surface area contributed by atoms with Crippen molar-refractivity contribution < 1.29 is 17.9 Å². The van der Waals surface area contributed by atoms with Gasteiger partial charge in [0.05, 0.1) is 19.0 Å². The minimum Gasteiger partial charge on any atom is -0.375 e. The van der Waals surface area contributed by atoms with Gasteiger partial charge in [-0.25, -0.2) is 8.42 Å². The number of amides is 1. The maximum Gasteiger partial charge on any atom is 0.254 e. The number of hydrogen-bond acceptors (Lipinski definition) is 5. The van der Waals surface area contributed by atoms with Crippen LogP contribution in [0.25, 0.3) is 0 Å². The topological polar surface area (TPSA) is 79.8 Å². The molecule has 0 saturated carbocycles. The average molecular weight is 353 g/mol.